The first-order chi connectivity index (χ1) is 8.86. The number of aromatic nitrogens is 1. The topological polar surface area (TPSA) is 37.2 Å². The zero-order valence-electron chi connectivity index (χ0n) is 11.0. The van der Waals surface area contributed by atoms with Gasteiger partial charge >= 0.3 is 0 Å². The molecule has 0 bridgehead atoms. The Hall–Kier alpha value is -1.32. The quantitative estimate of drug-likeness (QED) is 0.737. The van der Waals surface area contributed by atoms with Gasteiger partial charge in [-0.2, -0.15) is 0 Å². The van der Waals surface area contributed by atoms with Crippen molar-refractivity contribution in [1.29, 1.82) is 0 Å². The highest BCUT2D eigenvalue weighted by Crippen LogP contribution is 2.21. The van der Waals surface area contributed by atoms with Crippen LogP contribution in [0.2, 0.25) is 0 Å². The first-order valence-corrected chi connectivity index (χ1v) is 6.69. The molecule has 18 heavy (non-hydrogen) atoms. The van der Waals surface area contributed by atoms with E-state index in [1.165, 1.54) is 16.5 Å². The molecule has 0 unspecified atom stereocenters. The van der Waals surface area contributed by atoms with Gasteiger partial charge in [0, 0.05) is 25.9 Å². The molecule has 98 valence electrons. The minimum Gasteiger partial charge on any atom is -0.396 e. The molecule has 3 nitrogen and oxygen atoms in total. The van der Waals surface area contributed by atoms with E-state index >= 15 is 0 Å². The number of rotatable bonds is 7. The summed E-state index contributed by atoms with van der Waals surface area (Å²) in [5.74, 6) is 0. The summed E-state index contributed by atoms with van der Waals surface area (Å²) in [6, 6.07) is 8.65. The Kier molecular flexibility index (Phi) is 4.79. The molecular formula is C15H22N2O. The van der Waals surface area contributed by atoms with E-state index in [1.54, 1.807) is 0 Å². The summed E-state index contributed by atoms with van der Waals surface area (Å²) in [6.45, 7) is 2.24. The van der Waals surface area contributed by atoms with Crippen LogP contribution in [0.1, 0.15) is 24.8 Å². The van der Waals surface area contributed by atoms with Gasteiger partial charge in [-0.25, -0.2) is 0 Å². The van der Waals surface area contributed by atoms with Crippen LogP contribution in [-0.4, -0.2) is 23.3 Å². The Morgan fingerprint density at radius 3 is 2.83 bits per heavy atom. The predicted octanol–water partition coefficient (Wildman–Crippen LogP) is 2.52. The largest absolute Gasteiger partial charge is 0.396 e. The maximum absolute atomic E-state index is 8.79. The SMILES string of the molecule is CNCc1cccc2ccn(CCCCCO)c12. The molecule has 2 rings (SSSR count). The number of aryl methyl sites for hydroxylation is 1. The van der Waals surface area contributed by atoms with E-state index in [0.717, 1.165) is 32.4 Å². The van der Waals surface area contributed by atoms with Gasteiger partial charge in [-0.3, -0.25) is 0 Å². The Balaban J connectivity index is 2.16. The molecule has 1 aromatic carbocycles. The maximum atomic E-state index is 8.79. The molecular weight excluding hydrogens is 224 g/mol. The van der Waals surface area contributed by atoms with Crippen molar-refractivity contribution in [3.05, 3.63) is 36.0 Å². The summed E-state index contributed by atoms with van der Waals surface area (Å²) in [6.07, 6.45) is 5.29. The van der Waals surface area contributed by atoms with E-state index in [9.17, 15) is 0 Å². The Labute approximate surface area is 108 Å². The second-order valence-electron chi connectivity index (χ2n) is 4.68. The van der Waals surface area contributed by atoms with Crippen LogP contribution >= 0.6 is 0 Å². The van der Waals surface area contributed by atoms with E-state index in [-0.39, 0.29) is 0 Å². The highest BCUT2D eigenvalue weighted by Gasteiger charge is 2.05. The van der Waals surface area contributed by atoms with Crippen LogP contribution in [0.3, 0.4) is 0 Å². The summed E-state index contributed by atoms with van der Waals surface area (Å²) in [5.41, 5.74) is 2.69. The monoisotopic (exact) mass is 246 g/mol. The molecule has 1 heterocycles. The van der Waals surface area contributed by atoms with Gasteiger partial charge in [0.25, 0.3) is 0 Å². The molecule has 2 aromatic rings. The molecule has 0 saturated heterocycles. The van der Waals surface area contributed by atoms with Crippen molar-refractivity contribution in [1.82, 2.24) is 9.88 Å². The molecule has 0 atom stereocenters. The molecule has 0 aliphatic heterocycles. The van der Waals surface area contributed by atoms with Gasteiger partial charge in [0.1, 0.15) is 0 Å². The van der Waals surface area contributed by atoms with Crippen molar-refractivity contribution >= 4 is 10.9 Å². The fourth-order valence-corrected chi connectivity index (χ4v) is 2.43. The fraction of sp³-hybridized carbons (Fsp3) is 0.467. The van der Waals surface area contributed by atoms with E-state index in [1.807, 2.05) is 7.05 Å². The first-order valence-electron chi connectivity index (χ1n) is 6.69. The summed E-state index contributed by atoms with van der Waals surface area (Å²) < 4.78 is 2.33. The number of nitrogens with zero attached hydrogens (tertiary/aromatic N) is 1. The number of hydrogen-bond donors (Lipinski definition) is 2. The van der Waals surface area contributed by atoms with Gasteiger partial charge in [-0.15, -0.1) is 0 Å². The Morgan fingerprint density at radius 2 is 2.06 bits per heavy atom. The van der Waals surface area contributed by atoms with Crippen LogP contribution in [0.5, 0.6) is 0 Å². The van der Waals surface area contributed by atoms with E-state index < -0.39 is 0 Å². The van der Waals surface area contributed by atoms with Crippen molar-refractivity contribution in [2.75, 3.05) is 13.7 Å². The van der Waals surface area contributed by atoms with Crippen LogP contribution in [0.25, 0.3) is 10.9 Å². The number of unbranched alkanes of at least 4 members (excludes halogenated alkanes) is 2. The summed E-state index contributed by atoms with van der Waals surface area (Å²) in [7, 11) is 1.98. The van der Waals surface area contributed by atoms with Crippen LogP contribution in [0.15, 0.2) is 30.5 Å². The van der Waals surface area contributed by atoms with E-state index in [4.69, 9.17) is 5.11 Å². The third kappa shape index (κ3) is 2.92. The molecule has 0 fully saturated rings. The van der Waals surface area contributed by atoms with E-state index in [2.05, 4.69) is 40.3 Å². The van der Waals surface area contributed by atoms with Crippen LogP contribution in [-0.2, 0) is 13.1 Å². The summed E-state index contributed by atoms with van der Waals surface area (Å²) >= 11 is 0. The number of benzene rings is 1. The van der Waals surface area contributed by atoms with Gasteiger partial charge in [-0.1, -0.05) is 18.2 Å². The molecule has 0 spiro atoms. The molecule has 3 heteroatoms. The molecule has 0 aliphatic carbocycles. The lowest BCUT2D eigenvalue weighted by Gasteiger charge is -2.09. The van der Waals surface area contributed by atoms with Gasteiger partial charge in [0.15, 0.2) is 0 Å². The average Bonchev–Trinajstić information content (AvgIpc) is 2.80. The van der Waals surface area contributed by atoms with Crippen molar-refractivity contribution in [2.24, 2.45) is 0 Å². The van der Waals surface area contributed by atoms with Crippen molar-refractivity contribution < 1.29 is 5.11 Å². The zero-order valence-corrected chi connectivity index (χ0v) is 11.0. The second-order valence-corrected chi connectivity index (χ2v) is 4.68. The normalized spacial score (nSPS) is 11.2. The van der Waals surface area contributed by atoms with Crippen molar-refractivity contribution in [3.63, 3.8) is 0 Å². The van der Waals surface area contributed by atoms with Crippen molar-refractivity contribution in [2.45, 2.75) is 32.4 Å². The third-order valence-corrected chi connectivity index (χ3v) is 3.30. The minimum absolute atomic E-state index is 0.303. The van der Waals surface area contributed by atoms with E-state index in [0.29, 0.717) is 6.61 Å². The lowest BCUT2D eigenvalue weighted by molar-refractivity contribution is 0.282. The smallest absolute Gasteiger partial charge is 0.0525 e. The Bertz CT molecular complexity index is 490. The molecule has 0 radical (unpaired) electrons. The van der Waals surface area contributed by atoms with Crippen molar-refractivity contribution in [3.8, 4) is 0 Å². The summed E-state index contributed by atoms with van der Waals surface area (Å²) in [4.78, 5) is 0. The fourth-order valence-electron chi connectivity index (χ4n) is 2.43. The van der Waals surface area contributed by atoms with Gasteiger partial charge in [0.05, 0.1) is 5.52 Å². The van der Waals surface area contributed by atoms with Crippen LogP contribution in [0.4, 0.5) is 0 Å². The van der Waals surface area contributed by atoms with Gasteiger partial charge < -0.3 is 15.0 Å². The minimum atomic E-state index is 0.303. The third-order valence-electron chi connectivity index (χ3n) is 3.30. The zero-order chi connectivity index (χ0) is 12.8. The summed E-state index contributed by atoms with van der Waals surface area (Å²) in [5, 5.41) is 13.3. The molecule has 2 N–H and O–H groups in total. The molecule has 1 aromatic heterocycles. The standard InChI is InChI=1S/C15H22N2O/c1-16-12-14-7-5-6-13-8-10-17(15(13)14)9-3-2-4-11-18/h5-8,10,16,18H,2-4,9,11-12H2,1H3. The lowest BCUT2D eigenvalue weighted by atomic mass is 10.1. The number of aliphatic hydroxyl groups excluding tert-OH is 1. The van der Waals surface area contributed by atoms with Gasteiger partial charge in [-0.05, 0) is 43.3 Å². The Morgan fingerprint density at radius 1 is 1.17 bits per heavy atom. The number of hydrogen-bond acceptors (Lipinski definition) is 2. The second kappa shape index (κ2) is 6.57. The number of para-hydroxylation sites is 1. The lowest BCUT2D eigenvalue weighted by Crippen LogP contribution is -2.07. The number of aliphatic hydroxyl groups is 1. The number of fused-ring (bicyclic) bond motifs is 1. The van der Waals surface area contributed by atoms with Crippen LogP contribution < -0.4 is 5.32 Å². The molecule has 0 saturated carbocycles. The highest BCUT2D eigenvalue weighted by molar-refractivity contribution is 5.83. The highest BCUT2D eigenvalue weighted by atomic mass is 16.2. The average molecular weight is 246 g/mol. The maximum Gasteiger partial charge on any atom is 0.0525 e. The first kappa shape index (κ1) is 13.1. The predicted molar refractivity (Wildman–Crippen MR) is 75.6 cm³/mol. The number of nitrogens with one attached hydrogen (secondary N) is 1. The van der Waals surface area contributed by atoms with Crippen LogP contribution in [0, 0.1) is 0 Å². The molecule has 0 amide bonds. The van der Waals surface area contributed by atoms with Gasteiger partial charge in [0.2, 0.25) is 0 Å². The molecule has 0 aliphatic rings.